The highest BCUT2D eigenvalue weighted by Gasteiger charge is 2.29. The van der Waals surface area contributed by atoms with Gasteiger partial charge in [0.2, 0.25) is 0 Å². The van der Waals surface area contributed by atoms with Gasteiger partial charge < -0.3 is 0 Å². The summed E-state index contributed by atoms with van der Waals surface area (Å²) in [4.78, 5) is 2.61. The second-order valence-corrected chi connectivity index (χ2v) is 3.73. The lowest BCUT2D eigenvalue weighted by molar-refractivity contribution is -0.137. The van der Waals surface area contributed by atoms with Crippen molar-refractivity contribution in [1.29, 1.82) is 0 Å². The summed E-state index contributed by atoms with van der Waals surface area (Å²) < 4.78 is 38.6. The average Bonchev–Trinajstić information content (AvgIpc) is 2.84. The molecule has 0 aliphatic rings. The Labute approximate surface area is 105 Å². The highest BCUT2D eigenvalue weighted by molar-refractivity contribution is 5.35. The first-order valence-corrected chi connectivity index (χ1v) is 5.23. The van der Waals surface area contributed by atoms with Crippen molar-refractivity contribution in [1.82, 2.24) is 9.78 Å². The van der Waals surface area contributed by atoms with Crippen LogP contribution in [0.25, 0.3) is 16.1 Å². The van der Waals surface area contributed by atoms with E-state index in [2.05, 4.69) is 15.1 Å². The molecule has 0 N–H and O–H groups in total. The Bertz CT molecular complexity index is 608. The van der Waals surface area contributed by atoms with Crippen molar-refractivity contribution in [2.24, 2.45) is 5.11 Å². The Morgan fingerprint density at radius 2 is 1.95 bits per heavy atom. The lowest BCUT2D eigenvalue weighted by Gasteiger charge is -2.07. The van der Waals surface area contributed by atoms with Crippen molar-refractivity contribution in [3.63, 3.8) is 0 Å². The minimum Gasteiger partial charge on any atom is -0.241 e. The number of azide groups is 1. The summed E-state index contributed by atoms with van der Waals surface area (Å²) in [5, 5.41) is 7.36. The molecule has 19 heavy (non-hydrogen) atoms. The normalized spacial score (nSPS) is 11.1. The summed E-state index contributed by atoms with van der Waals surface area (Å²) in [5.41, 5.74) is 8.65. The minimum absolute atomic E-state index is 0.150. The predicted molar refractivity (Wildman–Crippen MR) is 61.4 cm³/mol. The molecule has 2 aromatic rings. The number of aromatic nitrogens is 2. The van der Waals surface area contributed by atoms with E-state index in [9.17, 15) is 13.2 Å². The summed E-state index contributed by atoms with van der Waals surface area (Å²) in [5.74, 6) is 0. The van der Waals surface area contributed by atoms with Gasteiger partial charge in [-0.05, 0) is 35.4 Å². The first kappa shape index (κ1) is 13.0. The Morgan fingerprint density at radius 1 is 1.26 bits per heavy atom. The number of hydrogen-bond donors (Lipinski definition) is 0. The number of alkyl halides is 3. The third-order valence-electron chi connectivity index (χ3n) is 2.41. The zero-order valence-electron chi connectivity index (χ0n) is 9.54. The second kappa shape index (κ2) is 5.03. The average molecular weight is 267 g/mol. The van der Waals surface area contributed by atoms with E-state index in [-0.39, 0.29) is 6.54 Å². The summed E-state index contributed by atoms with van der Waals surface area (Å²) >= 11 is 0. The van der Waals surface area contributed by atoms with Crippen molar-refractivity contribution >= 4 is 0 Å². The van der Waals surface area contributed by atoms with Crippen LogP contribution in [0.5, 0.6) is 0 Å². The molecule has 1 aromatic heterocycles. The minimum atomic E-state index is -4.35. The molecule has 5 nitrogen and oxygen atoms in total. The predicted octanol–water partition coefficient (Wildman–Crippen LogP) is 3.70. The Morgan fingerprint density at radius 3 is 2.53 bits per heavy atom. The van der Waals surface area contributed by atoms with Gasteiger partial charge in [0.15, 0.2) is 0 Å². The molecule has 0 unspecified atom stereocenters. The molecule has 0 radical (unpaired) electrons. The number of benzene rings is 1. The van der Waals surface area contributed by atoms with Crippen LogP contribution in [0.4, 0.5) is 13.2 Å². The van der Waals surface area contributed by atoms with Crippen LogP contribution in [-0.4, -0.2) is 9.78 Å². The smallest absolute Gasteiger partial charge is 0.241 e. The largest absolute Gasteiger partial charge is 0.416 e. The van der Waals surface area contributed by atoms with Crippen molar-refractivity contribution < 1.29 is 13.2 Å². The summed E-state index contributed by atoms with van der Waals surface area (Å²) in [6, 6.07) is 4.63. The van der Waals surface area contributed by atoms with Crippen LogP contribution in [0.1, 0.15) is 11.1 Å². The van der Waals surface area contributed by atoms with Gasteiger partial charge in [0.05, 0.1) is 24.0 Å². The monoisotopic (exact) mass is 267 g/mol. The van der Waals surface area contributed by atoms with Crippen LogP contribution in [0.3, 0.4) is 0 Å². The number of nitrogens with zero attached hydrogens (tertiary/aromatic N) is 5. The fourth-order valence-electron chi connectivity index (χ4n) is 1.50. The van der Waals surface area contributed by atoms with Crippen LogP contribution in [-0.2, 0) is 12.7 Å². The van der Waals surface area contributed by atoms with Gasteiger partial charge in [-0.3, -0.25) is 0 Å². The first-order valence-electron chi connectivity index (χ1n) is 5.23. The third kappa shape index (κ3) is 3.05. The van der Waals surface area contributed by atoms with Gasteiger partial charge >= 0.3 is 6.18 Å². The van der Waals surface area contributed by atoms with E-state index in [0.29, 0.717) is 11.3 Å². The molecule has 1 aromatic carbocycles. The summed E-state index contributed by atoms with van der Waals surface area (Å²) in [6.07, 6.45) is -1.26. The third-order valence-corrected chi connectivity index (χ3v) is 2.41. The molecule has 1 heterocycles. The fraction of sp³-hybridized carbons (Fsp3) is 0.182. The van der Waals surface area contributed by atoms with Crippen LogP contribution in [0, 0.1) is 0 Å². The first-order chi connectivity index (χ1) is 9.00. The van der Waals surface area contributed by atoms with Gasteiger partial charge in [0.25, 0.3) is 0 Å². The van der Waals surface area contributed by atoms with Crippen molar-refractivity contribution in [2.75, 3.05) is 0 Å². The molecule has 0 aliphatic heterocycles. The zero-order chi connectivity index (χ0) is 13.9. The van der Waals surface area contributed by atoms with Gasteiger partial charge in [0.1, 0.15) is 0 Å². The second-order valence-electron chi connectivity index (χ2n) is 3.73. The number of hydrogen-bond acceptors (Lipinski definition) is 2. The van der Waals surface area contributed by atoms with E-state index in [1.165, 1.54) is 23.0 Å². The number of halogens is 3. The standard InChI is InChI=1S/C11H8F3N5/c12-11(13,14)9-1-3-10(4-2-9)19-7-8(6-17-19)5-16-18-15/h1-4,6-7H,5H2. The fourth-order valence-corrected chi connectivity index (χ4v) is 1.50. The Hall–Kier alpha value is -2.47. The quantitative estimate of drug-likeness (QED) is 0.475. The molecule has 0 fully saturated rings. The molecule has 0 saturated carbocycles. The molecule has 0 bridgehead atoms. The van der Waals surface area contributed by atoms with Crippen LogP contribution in [0.2, 0.25) is 0 Å². The van der Waals surface area contributed by atoms with Crippen molar-refractivity contribution in [3.05, 3.63) is 58.2 Å². The molecular formula is C11H8F3N5. The van der Waals surface area contributed by atoms with Crippen molar-refractivity contribution in [3.8, 4) is 5.69 Å². The van der Waals surface area contributed by atoms with Gasteiger partial charge in [-0.1, -0.05) is 5.11 Å². The summed E-state index contributed by atoms with van der Waals surface area (Å²) in [7, 11) is 0. The molecule has 0 atom stereocenters. The molecule has 2 rings (SSSR count). The van der Waals surface area contributed by atoms with E-state index in [4.69, 9.17) is 5.53 Å². The Balaban J connectivity index is 2.22. The van der Waals surface area contributed by atoms with Gasteiger partial charge in [-0.2, -0.15) is 18.3 Å². The SMILES string of the molecule is [N-]=[N+]=NCc1cnn(-c2ccc(C(F)(F)F)cc2)c1. The van der Waals surface area contributed by atoms with Crippen LogP contribution >= 0.6 is 0 Å². The molecule has 8 heteroatoms. The molecule has 0 saturated heterocycles. The highest BCUT2D eigenvalue weighted by atomic mass is 19.4. The van der Waals surface area contributed by atoms with E-state index < -0.39 is 11.7 Å². The number of rotatable bonds is 3. The lowest BCUT2D eigenvalue weighted by atomic mass is 10.2. The van der Waals surface area contributed by atoms with Gasteiger partial charge in [-0.25, -0.2) is 4.68 Å². The van der Waals surface area contributed by atoms with E-state index in [1.807, 2.05) is 0 Å². The summed E-state index contributed by atoms with van der Waals surface area (Å²) in [6.45, 7) is 0.150. The molecule has 98 valence electrons. The zero-order valence-corrected chi connectivity index (χ0v) is 9.54. The molecule has 0 amide bonds. The molecule has 0 aliphatic carbocycles. The van der Waals surface area contributed by atoms with E-state index >= 15 is 0 Å². The maximum absolute atomic E-state index is 12.4. The lowest BCUT2D eigenvalue weighted by Crippen LogP contribution is -2.05. The topological polar surface area (TPSA) is 66.6 Å². The maximum atomic E-state index is 12.4. The van der Waals surface area contributed by atoms with Gasteiger partial charge in [-0.15, -0.1) is 0 Å². The molecular weight excluding hydrogens is 259 g/mol. The van der Waals surface area contributed by atoms with Crippen LogP contribution in [0.15, 0.2) is 41.8 Å². The van der Waals surface area contributed by atoms with Crippen molar-refractivity contribution in [2.45, 2.75) is 12.7 Å². The highest BCUT2D eigenvalue weighted by Crippen LogP contribution is 2.29. The maximum Gasteiger partial charge on any atom is 0.416 e. The van der Waals surface area contributed by atoms with Crippen LogP contribution < -0.4 is 0 Å². The molecule has 0 spiro atoms. The van der Waals surface area contributed by atoms with E-state index in [1.54, 1.807) is 6.20 Å². The Kier molecular flexibility index (Phi) is 3.43. The van der Waals surface area contributed by atoms with Gasteiger partial charge in [0, 0.05) is 11.1 Å². The van der Waals surface area contributed by atoms with E-state index in [0.717, 1.165) is 12.1 Å².